The van der Waals surface area contributed by atoms with E-state index >= 15 is 0 Å². The summed E-state index contributed by atoms with van der Waals surface area (Å²) in [4.78, 5) is 12.1. The van der Waals surface area contributed by atoms with E-state index in [2.05, 4.69) is 13.5 Å². The molecule has 0 aromatic heterocycles. The van der Waals surface area contributed by atoms with Crippen molar-refractivity contribution in [2.75, 3.05) is 0 Å². The molecular formula is C17H26O2. The van der Waals surface area contributed by atoms with Crippen LogP contribution < -0.4 is 0 Å². The highest BCUT2D eigenvalue weighted by molar-refractivity contribution is 5.87. The molecule has 3 saturated carbocycles. The fraction of sp³-hybridized carbons (Fsp3) is 0.824. The lowest BCUT2D eigenvalue weighted by Gasteiger charge is -2.48. The van der Waals surface area contributed by atoms with Crippen molar-refractivity contribution in [3.05, 3.63) is 12.2 Å². The van der Waals surface area contributed by atoms with Gasteiger partial charge in [-0.25, -0.2) is 4.79 Å². The zero-order valence-corrected chi connectivity index (χ0v) is 12.3. The van der Waals surface area contributed by atoms with Crippen molar-refractivity contribution in [1.29, 1.82) is 0 Å². The minimum absolute atomic E-state index is 0.175. The maximum absolute atomic E-state index is 12.1. The molecule has 2 bridgehead atoms. The summed E-state index contributed by atoms with van der Waals surface area (Å²) in [7, 11) is 0. The normalized spacial score (nSPS) is 43.9. The first-order valence-electron chi connectivity index (χ1n) is 7.92. The van der Waals surface area contributed by atoms with Crippen molar-refractivity contribution in [3.63, 3.8) is 0 Å². The van der Waals surface area contributed by atoms with Gasteiger partial charge < -0.3 is 4.74 Å². The van der Waals surface area contributed by atoms with Gasteiger partial charge in [-0.2, -0.15) is 0 Å². The molecular weight excluding hydrogens is 236 g/mol. The van der Waals surface area contributed by atoms with Crippen molar-refractivity contribution >= 4 is 5.97 Å². The summed E-state index contributed by atoms with van der Waals surface area (Å²) in [5, 5.41) is 0. The van der Waals surface area contributed by atoms with E-state index < -0.39 is 0 Å². The Morgan fingerprint density at radius 3 is 2.68 bits per heavy atom. The molecule has 0 heterocycles. The molecule has 2 nitrogen and oxygen atoms in total. The van der Waals surface area contributed by atoms with Crippen LogP contribution >= 0.6 is 0 Å². The molecule has 0 amide bonds. The molecule has 3 rings (SSSR count). The van der Waals surface area contributed by atoms with E-state index in [1.165, 1.54) is 38.5 Å². The second kappa shape index (κ2) is 4.36. The average molecular weight is 262 g/mol. The molecule has 3 fully saturated rings. The van der Waals surface area contributed by atoms with Gasteiger partial charge in [0.25, 0.3) is 0 Å². The maximum atomic E-state index is 12.1. The molecule has 2 heteroatoms. The Hall–Kier alpha value is -0.790. The number of ether oxygens (including phenoxy) is 1. The molecule has 1 unspecified atom stereocenters. The summed E-state index contributed by atoms with van der Waals surface area (Å²) >= 11 is 0. The topological polar surface area (TPSA) is 26.3 Å². The van der Waals surface area contributed by atoms with Crippen LogP contribution in [0.3, 0.4) is 0 Å². The van der Waals surface area contributed by atoms with Gasteiger partial charge in [0, 0.05) is 11.0 Å². The van der Waals surface area contributed by atoms with Crippen molar-refractivity contribution in [1.82, 2.24) is 0 Å². The number of rotatable bonds is 3. The molecule has 1 spiro atoms. The van der Waals surface area contributed by atoms with Crippen molar-refractivity contribution in [3.8, 4) is 0 Å². The third-order valence-corrected chi connectivity index (χ3v) is 6.29. The van der Waals surface area contributed by atoms with Crippen LogP contribution in [0.2, 0.25) is 0 Å². The Balaban J connectivity index is 1.91. The lowest BCUT2D eigenvalue weighted by atomic mass is 9.63. The van der Waals surface area contributed by atoms with Gasteiger partial charge in [-0.3, -0.25) is 0 Å². The number of carbonyl (C=O) groups is 1. The highest BCUT2D eigenvalue weighted by Gasteiger charge is 2.64. The van der Waals surface area contributed by atoms with Crippen LogP contribution in [0.5, 0.6) is 0 Å². The van der Waals surface area contributed by atoms with Gasteiger partial charge in [0.15, 0.2) is 0 Å². The minimum atomic E-state index is -0.192. The number of esters is 1. The van der Waals surface area contributed by atoms with E-state index in [-0.39, 0.29) is 11.6 Å². The second-order valence-electron chi connectivity index (χ2n) is 7.11. The van der Waals surface area contributed by atoms with E-state index in [1.807, 2.05) is 0 Å². The third kappa shape index (κ3) is 1.71. The summed E-state index contributed by atoms with van der Waals surface area (Å²) in [6.45, 7) is 7.71. The SMILES string of the molecule is C=C(C)C(=O)OC1(CC)CCC[C@@]12C[C@@H]1CC[C@H]2C1. The number of hydrogen-bond donors (Lipinski definition) is 0. The molecule has 106 valence electrons. The third-order valence-electron chi connectivity index (χ3n) is 6.29. The summed E-state index contributed by atoms with van der Waals surface area (Å²) in [5.74, 6) is 1.53. The van der Waals surface area contributed by atoms with Gasteiger partial charge in [-0.1, -0.05) is 19.9 Å². The number of hydrogen-bond acceptors (Lipinski definition) is 2. The fourth-order valence-electron chi connectivity index (χ4n) is 5.49. The average Bonchev–Trinajstić information content (AvgIpc) is 3.05. The quantitative estimate of drug-likeness (QED) is 0.561. The number of fused-ring (bicyclic) bond motifs is 3. The largest absolute Gasteiger partial charge is 0.455 e. The predicted molar refractivity (Wildman–Crippen MR) is 75.7 cm³/mol. The van der Waals surface area contributed by atoms with Crippen LogP contribution in [0, 0.1) is 17.3 Å². The molecule has 4 atom stereocenters. The first kappa shape index (κ1) is 13.2. The van der Waals surface area contributed by atoms with Gasteiger partial charge in [0.1, 0.15) is 5.60 Å². The Bertz CT molecular complexity index is 413. The molecule has 19 heavy (non-hydrogen) atoms. The molecule has 3 aliphatic carbocycles. The number of carbonyl (C=O) groups excluding carboxylic acids is 1. The molecule has 0 saturated heterocycles. The monoisotopic (exact) mass is 262 g/mol. The maximum Gasteiger partial charge on any atom is 0.333 e. The van der Waals surface area contributed by atoms with Crippen LogP contribution in [0.4, 0.5) is 0 Å². The van der Waals surface area contributed by atoms with E-state index in [9.17, 15) is 4.79 Å². The Morgan fingerprint density at radius 2 is 2.16 bits per heavy atom. The highest BCUT2D eigenvalue weighted by atomic mass is 16.6. The van der Waals surface area contributed by atoms with E-state index in [1.54, 1.807) is 6.92 Å². The molecule has 0 aromatic rings. The van der Waals surface area contributed by atoms with Gasteiger partial charge in [-0.05, 0) is 63.7 Å². The molecule has 0 aliphatic heterocycles. The lowest BCUT2D eigenvalue weighted by Crippen LogP contribution is -2.50. The van der Waals surface area contributed by atoms with Crippen LogP contribution in [0.1, 0.15) is 65.2 Å². The first-order valence-corrected chi connectivity index (χ1v) is 7.92. The second-order valence-corrected chi connectivity index (χ2v) is 7.11. The van der Waals surface area contributed by atoms with Crippen molar-refractivity contribution in [2.24, 2.45) is 17.3 Å². The lowest BCUT2D eigenvalue weighted by molar-refractivity contribution is -0.175. The standard InChI is InChI=1S/C17H26O2/c1-4-17(19-15(18)12(2)3)9-5-8-16(17)11-13-6-7-14(16)10-13/h13-14H,2,4-11H2,1,3H3/t13-,14+,16+,17?/m1/s1. The zero-order chi connectivity index (χ0) is 13.7. The van der Waals surface area contributed by atoms with Crippen molar-refractivity contribution < 1.29 is 9.53 Å². The van der Waals surface area contributed by atoms with Gasteiger partial charge >= 0.3 is 5.97 Å². The minimum Gasteiger partial charge on any atom is -0.455 e. The predicted octanol–water partition coefficient (Wildman–Crippen LogP) is 4.24. The molecule has 0 radical (unpaired) electrons. The van der Waals surface area contributed by atoms with Crippen LogP contribution in [-0.4, -0.2) is 11.6 Å². The summed E-state index contributed by atoms with van der Waals surface area (Å²) < 4.78 is 6.06. The Labute approximate surface area is 116 Å². The fourth-order valence-corrected chi connectivity index (χ4v) is 5.49. The van der Waals surface area contributed by atoms with Crippen molar-refractivity contribution in [2.45, 2.75) is 70.8 Å². The van der Waals surface area contributed by atoms with E-state index in [0.29, 0.717) is 11.0 Å². The molecule has 0 N–H and O–H groups in total. The van der Waals surface area contributed by atoms with E-state index in [4.69, 9.17) is 4.74 Å². The van der Waals surface area contributed by atoms with Crippen LogP contribution in [-0.2, 0) is 9.53 Å². The molecule has 3 aliphatic rings. The van der Waals surface area contributed by atoms with Gasteiger partial charge in [0.2, 0.25) is 0 Å². The van der Waals surface area contributed by atoms with E-state index in [0.717, 1.165) is 24.7 Å². The Morgan fingerprint density at radius 1 is 1.37 bits per heavy atom. The van der Waals surface area contributed by atoms with Gasteiger partial charge in [0.05, 0.1) is 0 Å². The zero-order valence-electron chi connectivity index (χ0n) is 12.3. The first-order chi connectivity index (χ1) is 9.03. The summed E-state index contributed by atoms with van der Waals surface area (Å²) in [6, 6.07) is 0. The van der Waals surface area contributed by atoms with Crippen LogP contribution in [0.25, 0.3) is 0 Å². The molecule has 0 aromatic carbocycles. The Kier molecular flexibility index (Phi) is 3.03. The van der Waals surface area contributed by atoms with Gasteiger partial charge in [-0.15, -0.1) is 0 Å². The smallest absolute Gasteiger partial charge is 0.333 e. The van der Waals surface area contributed by atoms with Crippen LogP contribution in [0.15, 0.2) is 12.2 Å². The highest BCUT2D eigenvalue weighted by Crippen LogP contribution is 2.68. The summed E-state index contributed by atoms with van der Waals surface area (Å²) in [5.41, 5.74) is 0.650. The summed E-state index contributed by atoms with van der Waals surface area (Å²) in [6.07, 6.45) is 9.96.